The van der Waals surface area contributed by atoms with Gasteiger partial charge in [-0.2, -0.15) is 0 Å². The van der Waals surface area contributed by atoms with Gasteiger partial charge >= 0.3 is 5.97 Å². The Balaban J connectivity index is 2.13. The Labute approximate surface area is 121 Å². The Morgan fingerprint density at radius 3 is 2.30 bits per heavy atom. The number of hydrogen-bond acceptors (Lipinski definition) is 2. The highest BCUT2D eigenvalue weighted by Gasteiger charge is 2.21. The van der Waals surface area contributed by atoms with E-state index < -0.39 is 5.97 Å². The summed E-state index contributed by atoms with van der Waals surface area (Å²) < 4.78 is 0. The van der Waals surface area contributed by atoms with Crippen molar-refractivity contribution < 1.29 is 9.90 Å². The number of carboxylic acid groups (broad SMARTS) is 1. The molecular weight excluding hydrogens is 250 g/mol. The lowest BCUT2D eigenvalue weighted by atomic mass is 10.1. The van der Waals surface area contributed by atoms with Gasteiger partial charge in [0.2, 0.25) is 0 Å². The molecule has 0 spiro atoms. The molecule has 0 aromatic heterocycles. The molecular formula is C17H25NO2. The average Bonchev–Trinajstić information content (AvgIpc) is 2.70. The van der Waals surface area contributed by atoms with Crippen LogP contribution in [0.5, 0.6) is 0 Å². The Morgan fingerprint density at radius 1 is 1.15 bits per heavy atom. The van der Waals surface area contributed by atoms with Crippen LogP contribution in [0.1, 0.15) is 50.5 Å². The van der Waals surface area contributed by atoms with Gasteiger partial charge < -0.3 is 10.0 Å². The van der Waals surface area contributed by atoms with E-state index in [9.17, 15) is 4.79 Å². The van der Waals surface area contributed by atoms with Crippen LogP contribution in [-0.2, 0) is 4.79 Å². The second-order valence-corrected chi connectivity index (χ2v) is 5.82. The fourth-order valence-corrected chi connectivity index (χ4v) is 3.04. The standard InChI is InChI=1S/C17H25NO2/c1-14-8-10-16(11-9-14)18(13-12-17(19)20)15-6-4-2-3-5-7-15/h8-11,15H,2-7,12-13H2,1H3,(H,19,20). The minimum atomic E-state index is -0.712. The van der Waals surface area contributed by atoms with Crippen LogP contribution in [0.2, 0.25) is 0 Å². The molecule has 0 saturated heterocycles. The van der Waals surface area contributed by atoms with Crippen LogP contribution in [0.3, 0.4) is 0 Å². The van der Waals surface area contributed by atoms with Crippen LogP contribution in [0.4, 0.5) is 5.69 Å². The Morgan fingerprint density at radius 2 is 1.75 bits per heavy atom. The Hall–Kier alpha value is -1.51. The summed E-state index contributed by atoms with van der Waals surface area (Å²) in [6.07, 6.45) is 7.75. The van der Waals surface area contributed by atoms with Gasteiger partial charge in [0.1, 0.15) is 0 Å². The van der Waals surface area contributed by atoms with Crippen molar-refractivity contribution in [3.8, 4) is 0 Å². The zero-order valence-corrected chi connectivity index (χ0v) is 12.3. The van der Waals surface area contributed by atoms with Crippen molar-refractivity contribution in [2.45, 2.75) is 57.9 Å². The molecule has 0 atom stereocenters. The first-order valence-corrected chi connectivity index (χ1v) is 7.72. The van der Waals surface area contributed by atoms with E-state index in [4.69, 9.17) is 5.11 Å². The molecule has 1 aromatic carbocycles. The lowest BCUT2D eigenvalue weighted by molar-refractivity contribution is -0.136. The van der Waals surface area contributed by atoms with Crippen LogP contribution in [0.15, 0.2) is 24.3 Å². The molecule has 0 radical (unpaired) electrons. The van der Waals surface area contributed by atoms with E-state index in [1.54, 1.807) is 0 Å². The molecule has 1 aromatic rings. The van der Waals surface area contributed by atoms with Crippen LogP contribution in [0.25, 0.3) is 0 Å². The lowest BCUT2D eigenvalue weighted by Crippen LogP contribution is -2.36. The normalized spacial score (nSPS) is 16.6. The summed E-state index contributed by atoms with van der Waals surface area (Å²) in [7, 11) is 0. The van der Waals surface area contributed by atoms with Crippen molar-refractivity contribution in [3.05, 3.63) is 29.8 Å². The van der Waals surface area contributed by atoms with Crippen molar-refractivity contribution in [1.82, 2.24) is 0 Å². The third-order valence-corrected chi connectivity index (χ3v) is 4.20. The second-order valence-electron chi connectivity index (χ2n) is 5.82. The van der Waals surface area contributed by atoms with Crippen LogP contribution in [0, 0.1) is 6.92 Å². The van der Waals surface area contributed by atoms with Gasteiger partial charge in [-0.1, -0.05) is 43.4 Å². The SMILES string of the molecule is Cc1ccc(N(CCC(=O)O)C2CCCCCC2)cc1. The summed E-state index contributed by atoms with van der Waals surface area (Å²) in [4.78, 5) is 13.2. The Bertz CT molecular complexity index is 419. The average molecular weight is 275 g/mol. The summed E-state index contributed by atoms with van der Waals surface area (Å²) in [6, 6.07) is 8.98. The third kappa shape index (κ3) is 4.26. The molecule has 110 valence electrons. The number of nitrogens with zero attached hydrogens (tertiary/aromatic N) is 1. The number of anilines is 1. The molecule has 0 bridgehead atoms. The van der Waals surface area contributed by atoms with E-state index in [2.05, 4.69) is 36.1 Å². The number of aryl methyl sites for hydroxylation is 1. The first kappa shape index (κ1) is 14.9. The van der Waals surface area contributed by atoms with Crippen LogP contribution < -0.4 is 4.90 Å². The summed E-state index contributed by atoms with van der Waals surface area (Å²) in [6.45, 7) is 2.69. The van der Waals surface area contributed by atoms with Gasteiger partial charge in [0.25, 0.3) is 0 Å². The second kappa shape index (κ2) is 7.32. The van der Waals surface area contributed by atoms with E-state index in [0.29, 0.717) is 12.6 Å². The lowest BCUT2D eigenvalue weighted by Gasteiger charge is -2.33. The molecule has 0 heterocycles. The predicted octanol–water partition coefficient (Wildman–Crippen LogP) is 4.00. The molecule has 20 heavy (non-hydrogen) atoms. The van der Waals surface area contributed by atoms with Gasteiger partial charge in [-0.3, -0.25) is 4.79 Å². The van der Waals surface area contributed by atoms with Crippen LogP contribution in [-0.4, -0.2) is 23.7 Å². The maximum absolute atomic E-state index is 10.9. The van der Waals surface area contributed by atoms with Crippen molar-refractivity contribution in [2.75, 3.05) is 11.4 Å². The first-order chi connectivity index (χ1) is 9.66. The quantitative estimate of drug-likeness (QED) is 0.826. The van der Waals surface area contributed by atoms with E-state index in [-0.39, 0.29) is 6.42 Å². The molecule has 0 unspecified atom stereocenters. The summed E-state index contributed by atoms with van der Waals surface area (Å²) in [5.41, 5.74) is 2.41. The van der Waals surface area contributed by atoms with Crippen molar-refractivity contribution >= 4 is 11.7 Å². The summed E-state index contributed by atoms with van der Waals surface area (Å²) in [5, 5.41) is 8.98. The molecule has 1 aliphatic rings. The molecule has 0 amide bonds. The molecule has 1 fully saturated rings. The highest BCUT2D eigenvalue weighted by molar-refractivity contribution is 5.67. The summed E-state index contributed by atoms with van der Waals surface area (Å²) in [5.74, 6) is -0.712. The highest BCUT2D eigenvalue weighted by atomic mass is 16.4. The van der Waals surface area contributed by atoms with Gasteiger partial charge in [0, 0.05) is 18.3 Å². The highest BCUT2D eigenvalue weighted by Crippen LogP contribution is 2.27. The molecule has 1 saturated carbocycles. The van der Waals surface area contributed by atoms with E-state index >= 15 is 0 Å². The van der Waals surface area contributed by atoms with E-state index in [0.717, 1.165) is 0 Å². The summed E-state index contributed by atoms with van der Waals surface area (Å²) >= 11 is 0. The Kier molecular flexibility index (Phi) is 5.45. The maximum atomic E-state index is 10.9. The molecule has 0 aliphatic heterocycles. The minimum absolute atomic E-state index is 0.213. The van der Waals surface area contributed by atoms with Crippen molar-refractivity contribution in [3.63, 3.8) is 0 Å². The fourth-order valence-electron chi connectivity index (χ4n) is 3.04. The van der Waals surface area contributed by atoms with Crippen molar-refractivity contribution in [1.29, 1.82) is 0 Å². The number of aliphatic carboxylic acids is 1. The molecule has 2 rings (SSSR count). The number of benzene rings is 1. The zero-order chi connectivity index (χ0) is 14.4. The topological polar surface area (TPSA) is 40.5 Å². The van der Waals surface area contributed by atoms with E-state index in [1.807, 2.05) is 0 Å². The van der Waals surface area contributed by atoms with Crippen molar-refractivity contribution in [2.24, 2.45) is 0 Å². The zero-order valence-electron chi connectivity index (χ0n) is 12.3. The van der Waals surface area contributed by atoms with Gasteiger partial charge in [-0.05, 0) is 31.9 Å². The minimum Gasteiger partial charge on any atom is -0.481 e. The van der Waals surface area contributed by atoms with Gasteiger partial charge in [0.05, 0.1) is 6.42 Å². The van der Waals surface area contributed by atoms with Gasteiger partial charge in [-0.15, -0.1) is 0 Å². The predicted molar refractivity (Wildman–Crippen MR) is 82.3 cm³/mol. The number of hydrogen-bond donors (Lipinski definition) is 1. The number of rotatable bonds is 5. The molecule has 1 aliphatic carbocycles. The fraction of sp³-hybridized carbons (Fsp3) is 0.588. The smallest absolute Gasteiger partial charge is 0.305 e. The first-order valence-electron chi connectivity index (χ1n) is 7.72. The number of carbonyl (C=O) groups is 1. The number of carboxylic acids is 1. The monoisotopic (exact) mass is 275 g/mol. The third-order valence-electron chi connectivity index (χ3n) is 4.20. The maximum Gasteiger partial charge on any atom is 0.305 e. The molecule has 1 N–H and O–H groups in total. The molecule has 3 nitrogen and oxygen atoms in total. The molecule has 3 heteroatoms. The van der Waals surface area contributed by atoms with Crippen LogP contribution >= 0.6 is 0 Å². The van der Waals surface area contributed by atoms with E-state index in [1.165, 1.54) is 49.8 Å². The van der Waals surface area contributed by atoms with Gasteiger partial charge in [0.15, 0.2) is 0 Å². The van der Waals surface area contributed by atoms with Gasteiger partial charge in [-0.25, -0.2) is 0 Å². The largest absolute Gasteiger partial charge is 0.481 e.